The molecule has 1 aromatic carbocycles. The number of rotatable bonds is 7. The van der Waals surface area contributed by atoms with Crippen molar-refractivity contribution in [1.29, 1.82) is 0 Å². The van der Waals surface area contributed by atoms with Crippen molar-refractivity contribution in [3.63, 3.8) is 0 Å². The van der Waals surface area contributed by atoms with Crippen LogP contribution >= 0.6 is 23.2 Å². The summed E-state index contributed by atoms with van der Waals surface area (Å²) in [6, 6.07) is 10.7. The maximum Gasteiger partial charge on any atom is 0.327 e. The molecule has 224 valence electrons. The minimum Gasteiger partial charge on any atom is -0.459 e. The van der Waals surface area contributed by atoms with Crippen molar-refractivity contribution in [3.05, 3.63) is 64.8 Å². The molecule has 0 amide bonds. The summed E-state index contributed by atoms with van der Waals surface area (Å²) in [5.41, 5.74) is 0.276. The molecule has 0 saturated carbocycles. The number of benzene rings is 1. The van der Waals surface area contributed by atoms with E-state index in [1.54, 1.807) is 39.0 Å². The van der Waals surface area contributed by atoms with Crippen LogP contribution in [-0.2, 0) is 30.4 Å². The van der Waals surface area contributed by atoms with E-state index < -0.39 is 44.2 Å². The highest BCUT2D eigenvalue weighted by Crippen LogP contribution is 2.33. The zero-order valence-electron chi connectivity index (χ0n) is 23.4. The summed E-state index contributed by atoms with van der Waals surface area (Å²) in [6.07, 6.45) is 4.79. The van der Waals surface area contributed by atoms with Gasteiger partial charge in [-0.2, -0.15) is 0 Å². The molecule has 1 unspecified atom stereocenters. The van der Waals surface area contributed by atoms with Crippen LogP contribution in [0.3, 0.4) is 0 Å². The van der Waals surface area contributed by atoms with Gasteiger partial charge in [0.15, 0.2) is 11.6 Å². The van der Waals surface area contributed by atoms with Gasteiger partial charge in [0.2, 0.25) is 10.0 Å². The fourth-order valence-corrected chi connectivity index (χ4v) is 8.40. The lowest BCUT2D eigenvalue weighted by Gasteiger charge is -2.30. The summed E-state index contributed by atoms with van der Waals surface area (Å²) in [5, 5.41) is 8.98. The number of anilines is 2. The molecular weight excluding hydrogens is 621 g/mol. The van der Waals surface area contributed by atoms with Crippen molar-refractivity contribution in [3.8, 4) is 5.82 Å². The lowest BCUT2D eigenvalue weighted by atomic mass is 10.2. The molecule has 3 heterocycles. The molecule has 1 saturated heterocycles. The molecule has 0 radical (unpaired) electrons. The quantitative estimate of drug-likeness (QED) is 0.344. The number of carbonyl (C=O) groups excluding carboxylic acids is 1. The summed E-state index contributed by atoms with van der Waals surface area (Å²) < 4.78 is 47.9. The second-order valence-corrected chi connectivity index (χ2v) is 15.7. The minimum absolute atomic E-state index is 0.0352. The third-order valence-electron chi connectivity index (χ3n) is 6.77. The Labute approximate surface area is 257 Å². The third kappa shape index (κ3) is 6.82. The molecule has 0 bridgehead atoms. The van der Waals surface area contributed by atoms with Crippen LogP contribution in [0.25, 0.3) is 16.7 Å². The lowest BCUT2D eigenvalue weighted by Crippen LogP contribution is -2.43. The molecule has 2 aliphatic rings. The van der Waals surface area contributed by atoms with Gasteiger partial charge in [-0.1, -0.05) is 23.2 Å². The first-order chi connectivity index (χ1) is 19.8. The van der Waals surface area contributed by atoms with E-state index >= 15 is 0 Å². The van der Waals surface area contributed by atoms with Crippen molar-refractivity contribution in [2.24, 2.45) is 0 Å². The Morgan fingerprint density at radius 3 is 2.43 bits per heavy atom. The molecule has 14 heteroatoms. The van der Waals surface area contributed by atoms with Gasteiger partial charge >= 0.3 is 5.97 Å². The van der Waals surface area contributed by atoms with Gasteiger partial charge in [0.05, 0.1) is 11.2 Å². The lowest BCUT2D eigenvalue weighted by molar-refractivity contribution is -0.152. The van der Waals surface area contributed by atoms with E-state index in [1.165, 1.54) is 12.2 Å². The van der Waals surface area contributed by atoms with Gasteiger partial charge in [0.25, 0.3) is 0 Å². The molecule has 42 heavy (non-hydrogen) atoms. The molecule has 0 spiro atoms. The first kappa shape index (κ1) is 30.5. The molecule has 10 nitrogen and oxygen atoms in total. The fraction of sp³-hybridized carbons (Fsp3) is 0.393. The fourth-order valence-electron chi connectivity index (χ4n) is 4.83. The van der Waals surface area contributed by atoms with Crippen LogP contribution in [0.4, 0.5) is 11.5 Å². The standard InChI is InChI=1S/C28H31Cl2N5O5S2/c1-28(2,3)40-27(36)18-35(42(38,39)23-16-20(29)15-21(30)17-23)22-4-5-24-19(14-22)8-9-34(24)26-7-6-25(31-32-26)33-10-12-41(37)13-11-33/h4-9,14-16,23H,10-13,17-18H2,1-3H3. The Morgan fingerprint density at radius 1 is 1.10 bits per heavy atom. The van der Waals surface area contributed by atoms with Crippen molar-refractivity contribution >= 4 is 72.4 Å². The number of nitrogens with zero attached hydrogens (tertiary/aromatic N) is 5. The number of halogens is 2. The van der Waals surface area contributed by atoms with Crippen molar-refractivity contribution in [2.75, 3.05) is 40.3 Å². The smallest absolute Gasteiger partial charge is 0.327 e. The first-order valence-corrected chi connectivity index (χ1v) is 17.1. The SMILES string of the molecule is CC(C)(C)OC(=O)CN(c1ccc2c(ccn2-c2ccc(N3CCS(=O)CC3)nn2)c1)S(=O)(=O)C1C=C(Cl)C=C(Cl)C1. The molecule has 1 aliphatic heterocycles. The Bertz CT molecular complexity index is 1690. The predicted molar refractivity (Wildman–Crippen MR) is 167 cm³/mol. The number of carbonyl (C=O) groups is 1. The zero-order valence-corrected chi connectivity index (χ0v) is 26.5. The third-order valence-corrected chi connectivity index (χ3v) is 10.6. The molecule has 1 atom stereocenters. The Kier molecular flexibility index (Phi) is 8.71. The van der Waals surface area contributed by atoms with Gasteiger partial charge in [0, 0.05) is 63.5 Å². The molecule has 1 fully saturated rings. The minimum atomic E-state index is -4.13. The normalized spacial score (nSPS) is 18.5. The second kappa shape index (κ2) is 12.0. The maximum absolute atomic E-state index is 13.9. The summed E-state index contributed by atoms with van der Waals surface area (Å²) in [4.78, 5) is 14.9. The van der Waals surface area contributed by atoms with Gasteiger partial charge in [-0.05, 0) is 69.3 Å². The molecule has 2 aromatic heterocycles. The van der Waals surface area contributed by atoms with E-state index in [1.807, 2.05) is 29.0 Å². The van der Waals surface area contributed by atoms with Gasteiger partial charge in [-0.15, -0.1) is 10.2 Å². The number of fused-ring (bicyclic) bond motifs is 1. The second-order valence-electron chi connectivity index (χ2n) is 11.0. The van der Waals surface area contributed by atoms with E-state index in [-0.39, 0.29) is 11.5 Å². The van der Waals surface area contributed by atoms with Crippen LogP contribution in [0.1, 0.15) is 27.2 Å². The number of aromatic nitrogens is 3. The van der Waals surface area contributed by atoms with Crippen LogP contribution in [0.15, 0.2) is 64.8 Å². The van der Waals surface area contributed by atoms with Crippen LogP contribution in [0.2, 0.25) is 0 Å². The molecule has 1 aliphatic carbocycles. The maximum atomic E-state index is 13.9. The number of hydrogen-bond acceptors (Lipinski definition) is 8. The van der Waals surface area contributed by atoms with Gasteiger partial charge in [0.1, 0.15) is 17.4 Å². The van der Waals surface area contributed by atoms with Crippen molar-refractivity contribution in [2.45, 2.75) is 38.0 Å². The average molecular weight is 653 g/mol. The Balaban J connectivity index is 1.46. The molecule has 0 N–H and O–H groups in total. The summed E-state index contributed by atoms with van der Waals surface area (Å²) in [6.45, 7) is 5.98. The Hall–Kier alpha value is -2.93. The number of allylic oxidation sites excluding steroid dienone is 3. The monoisotopic (exact) mass is 651 g/mol. The highest BCUT2D eigenvalue weighted by Gasteiger charge is 2.35. The number of hydrogen-bond donors (Lipinski definition) is 0. The Morgan fingerprint density at radius 2 is 1.79 bits per heavy atom. The van der Waals surface area contributed by atoms with E-state index in [0.717, 1.165) is 21.0 Å². The van der Waals surface area contributed by atoms with Gasteiger partial charge in [-0.3, -0.25) is 17.9 Å². The molecule has 5 rings (SSSR count). The largest absolute Gasteiger partial charge is 0.459 e. The summed E-state index contributed by atoms with van der Waals surface area (Å²) in [5.74, 6) is 1.85. The van der Waals surface area contributed by atoms with Crippen molar-refractivity contribution < 1.29 is 22.2 Å². The van der Waals surface area contributed by atoms with Gasteiger partial charge in [-0.25, -0.2) is 8.42 Å². The number of esters is 1. The van der Waals surface area contributed by atoms with Crippen LogP contribution < -0.4 is 9.21 Å². The van der Waals surface area contributed by atoms with E-state index in [4.69, 9.17) is 27.9 Å². The summed E-state index contributed by atoms with van der Waals surface area (Å²) in [7, 11) is -4.91. The predicted octanol–water partition coefficient (Wildman–Crippen LogP) is 4.48. The first-order valence-electron chi connectivity index (χ1n) is 13.3. The van der Waals surface area contributed by atoms with Gasteiger partial charge < -0.3 is 9.64 Å². The average Bonchev–Trinajstić information content (AvgIpc) is 3.34. The summed E-state index contributed by atoms with van der Waals surface area (Å²) >= 11 is 12.3. The van der Waals surface area contributed by atoms with Crippen LogP contribution in [0, 0.1) is 0 Å². The molecule has 3 aromatic rings. The number of ether oxygens (including phenoxy) is 1. The van der Waals surface area contributed by atoms with Crippen LogP contribution in [-0.4, -0.2) is 75.4 Å². The van der Waals surface area contributed by atoms with Crippen molar-refractivity contribution in [1.82, 2.24) is 14.8 Å². The van der Waals surface area contributed by atoms with E-state index in [2.05, 4.69) is 15.1 Å². The molecular formula is C28H31Cl2N5O5S2. The topological polar surface area (TPSA) is 115 Å². The van der Waals surface area contributed by atoms with E-state index in [0.29, 0.717) is 41.1 Å². The van der Waals surface area contributed by atoms with E-state index in [9.17, 15) is 17.4 Å². The zero-order chi connectivity index (χ0) is 30.2. The highest BCUT2D eigenvalue weighted by molar-refractivity contribution is 7.93. The number of sulfonamides is 1. The van der Waals surface area contributed by atoms with Crippen LogP contribution in [0.5, 0.6) is 0 Å². The highest BCUT2D eigenvalue weighted by atomic mass is 35.5.